The van der Waals surface area contributed by atoms with E-state index in [0.717, 1.165) is 10.9 Å². The Hall–Kier alpha value is -2.90. The number of hydrogen-bond donors (Lipinski definition) is 1. The van der Waals surface area contributed by atoms with Gasteiger partial charge in [0, 0.05) is 29.4 Å². The van der Waals surface area contributed by atoms with Gasteiger partial charge in [-0.25, -0.2) is 13.6 Å². The van der Waals surface area contributed by atoms with E-state index in [1.807, 2.05) is 0 Å². The minimum Gasteiger partial charge on any atom is -0.431 e. The Labute approximate surface area is 185 Å². The van der Waals surface area contributed by atoms with E-state index in [4.69, 9.17) is 5.14 Å². The Morgan fingerprint density at radius 2 is 1.62 bits per heavy atom. The van der Waals surface area contributed by atoms with Crippen LogP contribution in [0.4, 0.5) is 23.2 Å². The molecule has 0 saturated carbocycles. The highest BCUT2D eigenvalue weighted by Gasteiger charge is 2.18. The van der Waals surface area contributed by atoms with Crippen molar-refractivity contribution in [3.63, 3.8) is 0 Å². The average molecular weight is 491 g/mol. The Kier molecular flexibility index (Phi) is 7.53. The van der Waals surface area contributed by atoms with Crippen molar-refractivity contribution in [1.82, 2.24) is 4.98 Å². The molecule has 0 saturated heterocycles. The molecule has 0 fully saturated rings. The van der Waals surface area contributed by atoms with Crippen LogP contribution in [0.25, 0.3) is 0 Å². The normalized spacial score (nSPS) is 11.7. The molecule has 0 spiro atoms. The molecule has 2 N–H and O–H groups in total. The van der Waals surface area contributed by atoms with Crippen LogP contribution in [0.15, 0.2) is 59.1 Å². The van der Waals surface area contributed by atoms with Gasteiger partial charge in [-0.2, -0.15) is 17.6 Å². The molecule has 0 unspecified atom stereocenters. The topological polar surface area (TPSA) is 94.8 Å². The lowest BCUT2D eigenvalue weighted by atomic mass is 10.2. The molecule has 3 aromatic rings. The second-order valence-electron chi connectivity index (χ2n) is 6.40. The van der Waals surface area contributed by atoms with Crippen molar-refractivity contribution in [1.29, 1.82) is 0 Å². The quantitative estimate of drug-likeness (QED) is 0.427. The number of alkyl halides is 4. The molecule has 2 aromatic carbocycles. The van der Waals surface area contributed by atoms with E-state index in [0.29, 0.717) is 17.8 Å². The summed E-state index contributed by atoms with van der Waals surface area (Å²) in [6.45, 7) is -5.92. The summed E-state index contributed by atoms with van der Waals surface area (Å²) < 4.78 is 82.4. The first kappa shape index (κ1) is 23.8. The number of anilines is 1. The number of benzene rings is 2. The van der Waals surface area contributed by atoms with E-state index in [1.54, 1.807) is 28.7 Å². The molecule has 0 aliphatic heterocycles. The highest BCUT2D eigenvalue weighted by molar-refractivity contribution is 7.89. The number of aromatic nitrogens is 1. The third-order valence-electron chi connectivity index (χ3n) is 4.18. The first-order valence-corrected chi connectivity index (χ1v) is 11.3. The van der Waals surface area contributed by atoms with Crippen LogP contribution in [0.3, 0.4) is 0 Å². The molecule has 0 amide bonds. The fraction of sp³-hybridized carbons (Fsp3) is 0.211. The molecule has 172 valence electrons. The van der Waals surface area contributed by atoms with Crippen LogP contribution in [0.1, 0.15) is 10.4 Å². The van der Waals surface area contributed by atoms with Crippen molar-refractivity contribution in [3.05, 3.63) is 64.6 Å². The average Bonchev–Trinajstić information content (AvgIpc) is 3.21. The molecule has 0 aliphatic carbocycles. The number of primary sulfonamides is 1. The highest BCUT2D eigenvalue weighted by Crippen LogP contribution is 2.35. The van der Waals surface area contributed by atoms with Gasteiger partial charge >= 0.3 is 13.2 Å². The van der Waals surface area contributed by atoms with Crippen molar-refractivity contribution in [2.75, 3.05) is 4.90 Å². The number of hydrogen-bond acceptors (Lipinski definition) is 7. The van der Waals surface area contributed by atoms with Crippen LogP contribution in [-0.2, 0) is 23.1 Å². The number of ether oxygens (including phenoxy) is 2. The number of nitrogens with two attached hydrogens (primary N) is 1. The van der Waals surface area contributed by atoms with Gasteiger partial charge in [-0.15, -0.1) is 11.3 Å². The van der Waals surface area contributed by atoms with Crippen molar-refractivity contribution in [2.45, 2.75) is 31.2 Å². The Morgan fingerprint density at radius 3 is 2.19 bits per heavy atom. The molecular formula is C19H17F4N3O4S2. The fourth-order valence-corrected chi connectivity index (χ4v) is 3.95. The Balaban J connectivity index is 1.94. The second-order valence-corrected chi connectivity index (χ2v) is 8.93. The predicted octanol–water partition coefficient (Wildman–Crippen LogP) is 4.20. The maximum atomic E-state index is 12.8. The number of thiazole rings is 1. The SMILES string of the molecule is NS(=O)(=O)c1ccc(CN(Cc2cncs2)c2ccc(OC(F)F)c(OC(F)F)c2)cc1. The van der Waals surface area contributed by atoms with Crippen molar-refractivity contribution < 1.29 is 35.5 Å². The van der Waals surface area contributed by atoms with Crippen molar-refractivity contribution >= 4 is 27.0 Å². The minimum atomic E-state index is -3.86. The van der Waals surface area contributed by atoms with E-state index in [9.17, 15) is 26.0 Å². The maximum absolute atomic E-state index is 12.8. The Morgan fingerprint density at radius 1 is 0.969 bits per heavy atom. The van der Waals surface area contributed by atoms with Gasteiger partial charge in [0.05, 0.1) is 17.0 Å². The molecule has 7 nitrogen and oxygen atoms in total. The summed E-state index contributed by atoms with van der Waals surface area (Å²) >= 11 is 1.36. The number of halogens is 4. The molecule has 13 heteroatoms. The Bertz CT molecular complexity index is 1130. The molecule has 0 aliphatic rings. The first-order chi connectivity index (χ1) is 15.1. The molecule has 32 heavy (non-hydrogen) atoms. The summed E-state index contributed by atoms with van der Waals surface area (Å²) in [4.78, 5) is 6.54. The third kappa shape index (κ3) is 6.55. The van der Waals surface area contributed by atoms with E-state index in [2.05, 4.69) is 14.5 Å². The van der Waals surface area contributed by atoms with Crippen LogP contribution < -0.4 is 19.5 Å². The largest absolute Gasteiger partial charge is 0.431 e. The molecule has 0 radical (unpaired) electrons. The summed E-state index contributed by atoms with van der Waals surface area (Å²) in [5.74, 6) is -1.07. The zero-order chi connectivity index (χ0) is 23.3. The smallest absolute Gasteiger partial charge is 0.387 e. The van der Waals surface area contributed by atoms with Crippen LogP contribution in [-0.4, -0.2) is 26.6 Å². The molecular weight excluding hydrogens is 474 g/mol. The predicted molar refractivity (Wildman–Crippen MR) is 110 cm³/mol. The zero-order valence-electron chi connectivity index (χ0n) is 16.2. The van der Waals surface area contributed by atoms with Crippen molar-refractivity contribution in [2.24, 2.45) is 5.14 Å². The van der Waals surface area contributed by atoms with Crippen LogP contribution >= 0.6 is 11.3 Å². The number of rotatable bonds is 10. The van der Waals surface area contributed by atoms with E-state index in [-0.39, 0.29) is 11.4 Å². The number of sulfonamides is 1. The van der Waals surface area contributed by atoms with Gasteiger partial charge in [0.25, 0.3) is 0 Å². The van der Waals surface area contributed by atoms with E-state index >= 15 is 0 Å². The third-order valence-corrected chi connectivity index (χ3v) is 5.87. The second kappa shape index (κ2) is 10.1. The summed E-state index contributed by atoms with van der Waals surface area (Å²) in [6.07, 6.45) is 1.63. The summed E-state index contributed by atoms with van der Waals surface area (Å²) in [7, 11) is -3.86. The monoisotopic (exact) mass is 491 g/mol. The molecule has 1 aromatic heterocycles. The lowest BCUT2D eigenvalue weighted by Crippen LogP contribution is -2.22. The van der Waals surface area contributed by atoms with Gasteiger partial charge < -0.3 is 14.4 Å². The van der Waals surface area contributed by atoms with Gasteiger partial charge in [0.15, 0.2) is 11.5 Å². The van der Waals surface area contributed by atoms with Gasteiger partial charge in [-0.05, 0) is 29.8 Å². The molecule has 1 heterocycles. The summed E-state index contributed by atoms with van der Waals surface area (Å²) in [6, 6.07) is 9.53. The van der Waals surface area contributed by atoms with Gasteiger partial charge in [-0.3, -0.25) is 4.98 Å². The molecule has 3 rings (SSSR count). The lowest BCUT2D eigenvalue weighted by Gasteiger charge is -2.25. The molecule has 0 bridgehead atoms. The van der Waals surface area contributed by atoms with Gasteiger partial charge in [-0.1, -0.05) is 12.1 Å². The first-order valence-electron chi connectivity index (χ1n) is 8.89. The van der Waals surface area contributed by atoms with Crippen LogP contribution in [0, 0.1) is 0 Å². The van der Waals surface area contributed by atoms with Crippen LogP contribution in [0.2, 0.25) is 0 Å². The van der Waals surface area contributed by atoms with Crippen LogP contribution in [0.5, 0.6) is 11.5 Å². The van der Waals surface area contributed by atoms with E-state index in [1.165, 1.54) is 35.6 Å². The van der Waals surface area contributed by atoms with E-state index < -0.39 is 34.7 Å². The van der Waals surface area contributed by atoms with Crippen molar-refractivity contribution in [3.8, 4) is 11.5 Å². The lowest BCUT2D eigenvalue weighted by molar-refractivity contribution is -0.0692. The van der Waals surface area contributed by atoms with Gasteiger partial charge in [0.2, 0.25) is 10.0 Å². The minimum absolute atomic E-state index is 0.0589. The standard InChI is InChI=1S/C19H17F4N3O4S2/c20-18(21)29-16-6-3-13(7-17(16)30-19(22)23)26(10-14-8-25-11-31-14)9-12-1-4-15(5-2-12)32(24,27)28/h1-8,11,18-19H,9-10H2,(H2,24,27,28). The summed E-state index contributed by atoms with van der Waals surface area (Å²) in [5.41, 5.74) is 2.69. The maximum Gasteiger partial charge on any atom is 0.387 e. The zero-order valence-corrected chi connectivity index (χ0v) is 17.8. The van der Waals surface area contributed by atoms with Gasteiger partial charge in [0.1, 0.15) is 0 Å². The highest BCUT2D eigenvalue weighted by atomic mass is 32.2. The number of nitrogens with zero attached hydrogens (tertiary/aromatic N) is 2. The molecule has 0 atom stereocenters. The summed E-state index contributed by atoms with van der Waals surface area (Å²) in [5, 5.41) is 5.11. The fourth-order valence-electron chi connectivity index (χ4n) is 2.83.